The van der Waals surface area contributed by atoms with Gasteiger partial charge < -0.3 is 10.1 Å². The summed E-state index contributed by atoms with van der Waals surface area (Å²) in [6.07, 6.45) is 4.28. The van der Waals surface area contributed by atoms with Crippen molar-refractivity contribution in [1.29, 1.82) is 0 Å². The molecule has 0 unspecified atom stereocenters. The van der Waals surface area contributed by atoms with Crippen LogP contribution < -0.4 is 0 Å². The molecule has 1 aliphatic carbocycles. The lowest BCUT2D eigenvalue weighted by atomic mass is 10.2. The number of aromatic nitrogens is 2. The van der Waals surface area contributed by atoms with Gasteiger partial charge in [-0.15, -0.1) is 11.3 Å². The number of thiazole rings is 1. The summed E-state index contributed by atoms with van der Waals surface area (Å²) in [4.78, 5) is 18.1. The van der Waals surface area contributed by atoms with Crippen molar-refractivity contribution in [3.8, 4) is 0 Å². The highest BCUT2D eigenvalue weighted by Crippen LogP contribution is 2.43. The summed E-state index contributed by atoms with van der Waals surface area (Å²) in [5.41, 5.74) is 1.69. The van der Waals surface area contributed by atoms with Gasteiger partial charge in [-0.25, -0.2) is 4.98 Å². The molecule has 2 heterocycles. The largest absolute Gasteiger partial charge is 0.481 e. The Balaban J connectivity index is 2.03. The number of carboxylic acids is 1. The first-order valence-corrected chi connectivity index (χ1v) is 5.74. The van der Waals surface area contributed by atoms with Gasteiger partial charge in [-0.05, 0) is 12.8 Å². The first kappa shape index (κ1) is 8.91. The lowest BCUT2D eigenvalue weighted by Crippen LogP contribution is -1.98. The van der Waals surface area contributed by atoms with E-state index >= 15 is 0 Å². The third kappa shape index (κ3) is 1.52. The van der Waals surface area contributed by atoms with Crippen molar-refractivity contribution >= 4 is 27.7 Å². The van der Waals surface area contributed by atoms with Crippen LogP contribution in [0.15, 0.2) is 6.20 Å². The third-order valence-corrected chi connectivity index (χ3v) is 3.88. The predicted molar refractivity (Wildman–Crippen MR) is 57.3 cm³/mol. The summed E-state index contributed by atoms with van der Waals surface area (Å²) in [5.74, 6) is -0.161. The Morgan fingerprint density at radius 1 is 1.67 bits per heavy atom. The minimum atomic E-state index is -0.794. The standard InChI is InChI=1S/C10H10N2O2S/c13-7(14)3-6-4-11-9-8(6)15-10(12-9)5-1-2-5/h4-5,11H,1-3H2,(H,13,14). The Bertz CT molecular complexity index is 524. The molecule has 5 heteroatoms. The first-order chi connectivity index (χ1) is 7.24. The SMILES string of the molecule is O=C(O)Cc1c[nH]c2nc(C3CC3)sc12. The molecule has 1 aliphatic rings. The van der Waals surface area contributed by atoms with E-state index in [1.807, 2.05) is 0 Å². The molecule has 1 saturated carbocycles. The zero-order valence-corrected chi connectivity index (χ0v) is 8.80. The third-order valence-electron chi connectivity index (χ3n) is 2.59. The van der Waals surface area contributed by atoms with Crippen LogP contribution in [-0.4, -0.2) is 21.0 Å². The smallest absolute Gasteiger partial charge is 0.307 e. The van der Waals surface area contributed by atoms with Gasteiger partial charge in [0.1, 0.15) is 5.65 Å². The van der Waals surface area contributed by atoms with Gasteiger partial charge in [-0.2, -0.15) is 0 Å². The van der Waals surface area contributed by atoms with E-state index in [0.29, 0.717) is 5.92 Å². The van der Waals surface area contributed by atoms with E-state index in [2.05, 4.69) is 9.97 Å². The van der Waals surface area contributed by atoms with E-state index in [-0.39, 0.29) is 6.42 Å². The molecule has 0 atom stereocenters. The van der Waals surface area contributed by atoms with Crippen molar-refractivity contribution in [2.45, 2.75) is 25.2 Å². The molecule has 0 amide bonds. The molecule has 4 nitrogen and oxygen atoms in total. The van der Waals surface area contributed by atoms with Gasteiger partial charge in [0.15, 0.2) is 0 Å². The summed E-state index contributed by atoms with van der Waals surface area (Å²) in [6, 6.07) is 0. The molecule has 2 aromatic rings. The molecule has 1 fully saturated rings. The second-order valence-corrected chi connectivity index (χ2v) is 4.92. The summed E-state index contributed by atoms with van der Waals surface area (Å²) >= 11 is 1.64. The number of carbonyl (C=O) groups is 1. The van der Waals surface area contributed by atoms with Crippen LogP contribution in [0.1, 0.15) is 29.3 Å². The normalized spacial score (nSPS) is 16.0. The fourth-order valence-electron chi connectivity index (χ4n) is 1.67. The minimum absolute atomic E-state index is 0.0757. The average Bonchev–Trinajstić information content (AvgIpc) is 2.84. The molecular weight excluding hydrogens is 212 g/mol. The highest BCUT2D eigenvalue weighted by atomic mass is 32.1. The summed E-state index contributed by atoms with van der Waals surface area (Å²) in [7, 11) is 0. The topological polar surface area (TPSA) is 66.0 Å². The van der Waals surface area contributed by atoms with Crippen molar-refractivity contribution in [1.82, 2.24) is 9.97 Å². The molecule has 0 spiro atoms. The Morgan fingerprint density at radius 2 is 2.47 bits per heavy atom. The van der Waals surface area contributed by atoms with E-state index in [4.69, 9.17) is 5.11 Å². The maximum absolute atomic E-state index is 10.6. The summed E-state index contributed by atoms with van der Waals surface area (Å²) in [6.45, 7) is 0. The highest BCUT2D eigenvalue weighted by Gasteiger charge is 2.27. The van der Waals surface area contributed by atoms with E-state index in [0.717, 1.165) is 20.9 Å². The van der Waals surface area contributed by atoms with Crippen LogP contribution in [-0.2, 0) is 11.2 Å². The average molecular weight is 222 g/mol. The first-order valence-electron chi connectivity index (χ1n) is 4.92. The number of rotatable bonds is 3. The van der Waals surface area contributed by atoms with Crippen molar-refractivity contribution in [3.05, 3.63) is 16.8 Å². The number of fused-ring (bicyclic) bond motifs is 1. The molecule has 0 radical (unpaired) electrons. The number of nitrogens with one attached hydrogen (secondary N) is 1. The molecule has 78 valence electrons. The van der Waals surface area contributed by atoms with Crippen LogP contribution in [0.25, 0.3) is 10.3 Å². The number of hydrogen-bond donors (Lipinski definition) is 2. The van der Waals surface area contributed by atoms with E-state index in [9.17, 15) is 4.79 Å². The molecule has 2 aromatic heterocycles. The number of hydrogen-bond acceptors (Lipinski definition) is 3. The zero-order chi connectivity index (χ0) is 10.4. The van der Waals surface area contributed by atoms with Crippen LogP contribution in [0.2, 0.25) is 0 Å². The van der Waals surface area contributed by atoms with Crippen molar-refractivity contribution in [2.24, 2.45) is 0 Å². The molecular formula is C10H10N2O2S. The molecule has 0 aromatic carbocycles. The molecule has 15 heavy (non-hydrogen) atoms. The van der Waals surface area contributed by atoms with Gasteiger partial charge in [0, 0.05) is 17.7 Å². The predicted octanol–water partition coefficient (Wildman–Crippen LogP) is 2.13. The molecule has 2 N–H and O–H groups in total. The van der Waals surface area contributed by atoms with Crippen molar-refractivity contribution in [2.75, 3.05) is 0 Å². The van der Waals surface area contributed by atoms with Gasteiger partial charge in [-0.1, -0.05) is 0 Å². The van der Waals surface area contributed by atoms with Crippen LogP contribution in [0.4, 0.5) is 0 Å². The van der Waals surface area contributed by atoms with Crippen LogP contribution in [0.3, 0.4) is 0 Å². The zero-order valence-electron chi connectivity index (χ0n) is 7.99. The van der Waals surface area contributed by atoms with Gasteiger partial charge in [-0.3, -0.25) is 4.79 Å². The second kappa shape index (κ2) is 3.06. The molecule has 0 bridgehead atoms. The van der Waals surface area contributed by atoms with Gasteiger partial charge in [0.2, 0.25) is 0 Å². The highest BCUT2D eigenvalue weighted by molar-refractivity contribution is 7.18. The fourth-order valence-corrected chi connectivity index (χ4v) is 2.88. The number of carboxylic acid groups (broad SMARTS) is 1. The molecule has 0 saturated heterocycles. The van der Waals surface area contributed by atoms with Crippen LogP contribution in [0, 0.1) is 0 Å². The Morgan fingerprint density at radius 3 is 3.13 bits per heavy atom. The molecule has 3 rings (SSSR count). The maximum atomic E-state index is 10.6. The number of aromatic amines is 1. The Labute approximate surface area is 90.0 Å². The Kier molecular flexibility index (Phi) is 1.82. The number of nitrogens with zero attached hydrogens (tertiary/aromatic N) is 1. The van der Waals surface area contributed by atoms with Crippen LogP contribution in [0.5, 0.6) is 0 Å². The van der Waals surface area contributed by atoms with E-state index in [1.54, 1.807) is 17.5 Å². The van der Waals surface area contributed by atoms with Crippen molar-refractivity contribution < 1.29 is 9.90 Å². The van der Waals surface area contributed by atoms with E-state index < -0.39 is 5.97 Å². The Hall–Kier alpha value is -1.36. The fraction of sp³-hybridized carbons (Fsp3) is 0.400. The monoisotopic (exact) mass is 222 g/mol. The van der Waals surface area contributed by atoms with Gasteiger partial charge in [0.25, 0.3) is 0 Å². The van der Waals surface area contributed by atoms with Gasteiger partial charge in [0.05, 0.1) is 16.1 Å². The summed E-state index contributed by atoms with van der Waals surface area (Å²) < 4.78 is 1.01. The number of H-pyrrole nitrogens is 1. The van der Waals surface area contributed by atoms with Gasteiger partial charge >= 0.3 is 5.97 Å². The number of aliphatic carboxylic acids is 1. The van der Waals surface area contributed by atoms with Crippen LogP contribution >= 0.6 is 11.3 Å². The minimum Gasteiger partial charge on any atom is -0.481 e. The lowest BCUT2D eigenvalue weighted by Gasteiger charge is -1.89. The lowest BCUT2D eigenvalue weighted by molar-refractivity contribution is -0.136. The second-order valence-electron chi connectivity index (χ2n) is 3.89. The summed E-state index contributed by atoms with van der Waals surface area (Å²) in [5, 5.41) is 9.90. The molecule has 0 aliphatic heterocycles. The maximum Gasteiger partial charge on any atom is 0.307 e. The van der Waals surface area contributed by atoms with E-state index in [1.165, 1.54) is 12.8 Å². The van der Waals surface area contributed by atoms with Crippen molar-refractivity contribution in [3.63, 3.8) is 0 Å². The quantitative estimate of drug-likeness (QED) is 0.836.